The summed E-state index contributed by atoms with van der Waals surface area (Å²) < 4.78 is 0. The van der Waals surface area contributed by atoms with E-state index in [0.29, 0.717) is 0 Å². The fraction of sp³-hybridized carbons (Fsp3) is 0. The van der Waals surface area contributed by atoms with Crippen LogP contribution in [0.1, 0.15) is 0 Å². The molecule has 0 aliphatic heterocycles. The van der Waals surface area contributed by atoms with Gasteiger partial charge in [-0.2, -0.15) is 0 Å². The average molecular weight is 139 g/mol. The molecule has 2 nitrogen and oxygen atoms in total. The van der Waals surface area contributed by atoms with E-state index >= 15 is 0 Å². The molecule has 0 atom stereocenters. The van der Waals surface area contributed by atoms with E-state index < -0.39 is 0 Å². The maximum absolute atomic E-state index is 2.86. The molecule has 0 aromatic carbocycles. The van der Waals surface area contributed by atoms with Gasteiger partial charge in [0.05, 0.1) is 0 Å². The molecule has 0 spiro atoms. The summed E-state index contributed by atoms with van der Waals surface area (Å²) in [4.78, 5) is 2.86. The molecule has 0 aliphatic rings. The second-order valence-corrected chi connectivity index (χ2v) is 0.885. The van der Waals surface area contributed by atoms with Gasteiger partial charge in [-0.05, 0) is 12.1 Å². The van der Waals surface area contributed by atoms with E-state index in [1.54, 1.807) is 0 Å². The maximum Gasteiger partial charge on any atom is 2.00 e. The first-order valence-electron chi connectivity index (χ1n) is 1.58. The van der Waals surface area contributed by atoms with Crippen LogP contribution in [0, 0.1) is 0 Å². The summed E-state index contributed by atoms with van der Waals surface area (Å²) in [5, 5.41) is 0. The molecular weight excluding hydrogens is 134 g/mol. The van der Waals surface area contributed by atoms with Crippen molar-refractivity contribution >= 4 is 0 Å². The second kappa shape index (κ2) is 5.76. The third-order valence-corrected chi connectivity index (χ3v) is 0.496. The topological polar surface area (TPSA) is 44.3 Å². The molecule has 0 radical (unpaired) electrons. The van der Waals surface area contributed by atoms with Gasteiger partial charge in [-0.3, -0.25) is 0 Å². The molecular formula is C4H5FeNO. The van der Waals surface area contributed by atoms with Crippen LogP contribution >= 0.6 is 0 Å². The minimum absolute atomic E-state index is 0. The van der Waals surface area contributed by atoms with Crippen molar-refractivity contribution in [3.05, 3.63) is 24.5 Å². The van der Waals surface area contributed by atoms with E-state index in [1.807, 2.05) is 24.5 Å². The number of aromatic nitrogens is 1. The third kappa shape index (κ3) is 3.59. The Kier molecular flexibility index (Phi) is 8.14. The number of nitrogens with one attached hydrogen (secondary N) is 1. The van der Waals surface area contributed by atoms with E-state index in [2.05, 4.69) is 4.98 Å². The maximum atomic E-state index is 2.86. The molecule has 0 saturated heterocycles. The van der Waals surface area contributed by atoms with Crippen LogP contribution in [0.2, 0.25) is 0 Å². The fourth-order valence-corrected chi connectivity index (χ4v) is 0.278. The molecule has 40 valence electrons. The molecule has 0 unspecified atom stereocenters. The predicted octanol–water partition coefficient (Wildman–Crippen LogP) is 0.893. The molecule has 0 bridgehead atoms. The van der Waals surface area contributed by atoms with E-state index in [0.717, 1.165) is 0 Å². The van der Waals surface area contributed by atoms with Crippen LogP contribution in [0.25, 0.3) is 0 Å². The van der Waals surface area contributed by atoms with E-state index in [9.17, 15) is 0 Å². The van der Waals surface area contributed by atoms with Crippen molar-refractivity contribution in [2.75, 3.05) is 0 Å². The summed E-state index contributed by atoms with van der Waals surface area (Å²) in [6.45, 7) is 0. The van der Waals surface area contributed by atoms with Gasteiger partial charge < -0.3 is 10.5 Å². The minimum atomic E-state index is 0. The van der Waals surface area contributed by atoms with Crippen LogP contribution < -0.4 is 0 Å². The Bertz CT molecular complexity index is 68.2. The Morgan fingerprint density at radius 1 is 1.00 bits per heavy atom. The number of hydrogen-bond acceptors (Lipinski definition) is 0. The van der Waals surface area contributed by atoms with Gasteiger partial charge in [0.15, 0.2) is 0 Å². The van der Waals surface area contributed by atoms with Gasteiger partial charge in [0, 0.05) is 12.4 Å². The van der Waals surface area contributed by atoms with Crippen molar-refractivity contribution < 1.29 is 22.5 Å². The Morgan fingerprint density at radius 3 is 1.57 bits per heavy atom. The standard InChI is InChI=1S/C4H5N.Fe.O/c1-2-4-5-3-1;;/h1-5H;;/q;+2;-2. The first-order valence-corrected chi connectivity index (χ1v) is 1.58. The molecule has 0 fully saturated rings. The number of rotatable bonds is 0. The Balaban J connectivity index is 0. The summed E-state index contributed by atoms with van der Waals surface area (Å²) in [6, 6.07) is 3.89. The first kappa shape index (κ1) is 9.90. The van der Waals surface area contributed by atoms with Crippen LogP contribution in [0.3, 0.4) is 0 Å². The zero-order chi connectivity index (χ0) is 3.54. The molecule has 0 aliphatic carbocycles. The monoisotopic (exact) mass is 139 g/mol. The van der Waals surface area contributed by atoms with Crippen molar-refractivity contribution in [3.63, 3.8) is 0 Å². The summed E-state index contributed by atoms with van der Waals surface area (Å²) in [5.41, 5.74) is 0. The van der Waals surface area contributed by atoms with Crippen LogP contribution in [-0.4, -0.2) is 4.98 Å². The Hall–Kier alpha value is -0.241. The molecule has 1 heterocycles. The van der Waals surface area contributed by atoms with Crippen LogP contribution in [-0.2, 0) is 22.5 Å². The summed E-state index contributed by atoms with van der Waals surface area (Å²) in [6.07, 6.45) is 3.75. The van der Waals surface area contributed by atoms with Crippen molar-refractivity contribution in [3.8, 4) is 0 Å². The SMILES string of the molecule is [Fe+2].[O-2].c1cc[nH]c1. The van der Waals surface area contributed by atoms with Gasteiger partial charge >= 0.3 is 17.1 Å². The van der Waals surface area contributed by atoms with Crippen molar-refractivity contribution in [1.29, 1.82) is 0 Å². The third-order valence-electron chi connectivity index (χ3n) is 0.496. The van der Waals surface area contributed by atoms with Gasteiger partial charge in [-0.15, -0.1) is 0 Å². The molecule has 0 amide bonds. The predicted molar refractivity (Wildman–Crippen MR) is 21.5 cm³/mol. The van der Waals surface area contributed by atoms with Crippen LogP contribution in [0.4, 0.5) is 0 Å². The number of aromatic amines is 1. The van der Waals surface area contributed by atoms with Gasteiger partial charge in [0.1, 0.15) is 0 Å². The van der Waals surface area contributed by atoms with Gasteiger partial charge in [0.2, 0.25) is 0 Å². The molecule has 0 saturated carbocycles. The Morgan fingerprint density at radius 2 is 1.43 bits per heavy atom. The van der Waals surface area contributed by atoms with E-state index in [4.69, 9.17) is 0 Å². The first-order chi connectivity index (χ1) is 2.50. The molecule has 1 rings (SSSR count). The second-order valence-electron chi connectivity index (χ2n) is 0.885. The van der Waals surface area contributed by atoms with Gasteiger partial charge in [0.25, 0.3) is 0 Å². The van der Waals surface area contributed by atoms with Crippen molar-refractivity contribution in [2.45, 2.75) is 0 Å². The molecule has 1 aromatic rings. The van der Waals surface area contributed by atoms with E-state index in [-0.39, 0.29) is 22.5 Å². The zero-order valence-electron chi connectivity index (χ0n) is 3.57. The summed E-state index contributed by atoms with van der Waals surface area (Å²) in [7, 11) is 0. The molecule has 3 heteroatoms. The van der Waals surface area contributed by atoms with Crippen molar-refractivity contribution in [2.24, 2.45) is 0 Å². The smallest absolute Gasteiger partial charge is 2.00 e. The number of hydrogen-bond donors (Lipinski definition) is 1. The van der Waals surface area contributed by atoms with E-state index in [1.165, 1.54) is 0 Å². The molecule has 1 N–H and O–H groups in total. The normalized spacial score (nSPS) is 5.71. The van der Waals surface area contributed by atoms with Gasteiger partial charge in [-0.1, -0.05) is 0 Å². The zero-order valence-corrected chi connectivity index (χ0v) is 4.68. The summed E-state index contributed by atoms with van der Waals surface area (Å²) >= 11 is 0. The van der Waals surface area contributed by atoms with Crippen molar-refractivity contribution in [1.82, 2.24) is 4.98 Å². The molecule has 1 aromatic heterocycles. The largest absolute Gasteiger partial charge is 2.00 e. The van der Waals surface area contributed by atoms with Crippen LogP contribution in [0.5, 0.6) is 0 Å². The van der Waals surface area contributed by atoms with Gasteiger partial charge in [-0.25, -0.2) is 0 Å². The fourth-order valence-electron chi connectivity index (χ4n) is 0.278. The average Bonchev–Trinajstić information content (AvgIpc) is 1.76. The van der Waals surface area contributed by atoms with Crippen LogP contribution in [0.15, 0.2) is 24.5 Å². The summed E-state index contributed by atoms with van der Waals surface area (Å²) in [5.74, 6) is 0. The quantitative estimate of drug-likeness (QED) is 0.518. The Labute approximate surface area is 52.7 Å². The number of H-pyrrole nitrogens is 1. The minimum Gasteiger partial charge on any atom is -2.00 e. The molecule has 7 heavy (non-hydrogen) atoms.